The van der Waals surface area contributed by atoms with E-state index in [-0.39, 0.29) is 22.4 Å². The molecule has 0 saturated carbocycles. The molecule has 0 aliphatic heterocycles. The van der Waals surface area contributed by atoms with Gasteiger partial charge in [0.2, 0.25) is 0 Å². The maximum Gasteiger partial charge on any atom is 0.341 e. The zero-order valence-electron chi connectivity index (χ0n) is 18.6. The minimum Gasteiger partial charge on any atom is -0.462 e. The molecule has 0 spiro atoms. The van der Waals surface area contributed by atoms with Gasteiger partial charge in [-0.25, -0.2) is 4.79 Å². The van der Waals surface area contributed by atoms with Gasteiger partial charge in [0.05, 0.1) is 12.2 Å². The van der Waals surface area contributed by atoms with Crippen molar-refractivity contribution in [1.82, 2.24) is 5.32 Å². The lowest BCUT2D eigenvalue weighted by molar-refractivity contribution is 0.0526. The largest absolute Gasteiger partial charge is 0.462 e. The Labute approximate surface area is 193 Å². The highest BCUT2D eigenvalue weighted by molar-refractivity contribution is 7.80. The van der Waals surface area contributed by atoms with E-state index in [4.69, 9.17) is 17.0 Å². The molecule has 1 aliphatic rings. The smallest absolute Gasteiger partial charge is 0.341 e. The third-order valence-corrected chi connectivity index (χ3v) is 6.78. The number of anilines is 1. The number of fused-ring (bicyclic) bond motifs is 1. The number of hydrogen-bond donors (Lipinski definition) is 2. The van der Waals surface area contributed by atoms with Crippen molar-refractivity contribution in [1.29, 1.82) is 0 Å². The number of benzene rings is 1. The molecule has 0 bridgehead atoms. The van der Waals surface area contributed by atoms with Crippen molar-refractivity contribution in [3.8, 4) is 0 Å². The molecule has 0 atom stereocenters. The second-order valence-corrected chi connectivity index (χ2v) is 10.2. The Morgan fingerprint density at radius 1 is 1.10 bits per heavy atom. The molecule has 0 saturated heterocycles. The van der Waals surface area contributed by atoms with Gasteiger partial charge in [0, 0.05) is 10.4 Å². The van der Waals surface area contributed by atoms with Crippen LogP contribution in [0.1, 0.15) is 83.7 Å². The number of amides is 1. The Morgan fingerprint density at radius 2 is 1.77 bits per heavy atom. The maximum absolute atomic E-state index is 12.7. The summed E-state index contributed by atoms with van der Waals surface area (Å²) in [5, 5.41) is 6.64. The lowest BCUT2D eigenvalue weighted by Gasteiger charge is -2.19. The third kappa shape index (κ3) is 5.71. The average molecular weight is 459 g/mol. The van der Waals surface area contributed by atoms with Gasteiger partial charge in [-0.2, -0.15) is 0 Å². The molecule has 1 aromatic heterocycles. The highest BCUT2D eigenvalue weighted by Crippen LogP contribution is 2.38. The van der Waals surface area contributed by atoms with Crippen molar-refractivity contribution >= 4 is 45.5 Å². The van der Waals surface area contributed by atoms with Gasteiger partial charge in [-0.3, -0.25) is 10.1 Å². The summed E-state index contributed by atoms with van der Waals surface area (Å²) in [4.78, 5) is 26.5. The number of thiophene rings is 1. The Morgan fingerprint density at radius 3 is 2.42 bits per heavy atom. The Hall–Kier alpha value is -2.25. The van der Waals surface area contributed by atoms with Crippen LogP contribution in [-0.2, 0) is 23.0 Å². The van der Waals surface area contributed by atoms with Crippen molar-refractivity contribution in [2.24, 2.45) is 0 Å². The normalized spacial score (nSPS) is 13.7. The number of thiocarbonyl (C=S) groups is 1. The predicted molar refractivity (Wildman–Crippen MR) is 130 cm³/mol. The number of nitrogens with one attached hydrogen (secondary N) is 2. The molecule has 31 heavy (non-hydrogen) atoms. The number of carbonyl (C=O) groups excluding carboxylic acids is 2. The molecule has 1 aliphatic carbocycles. The number of ether oxygens (including phenoxy) is 1. The summed E-state index contributed by atoms with van der Waals surface area (Å²) in [6, 6.07) is 7.52. The fourth-order valence-corrected chi connectivity index (χ4v) is 5.22. The van der Waals surface area contributed by atoms with Gasteiger partial charge in [0.25, 0.3) is 5.91 Å². The molecular weight excluding hydrogens is 428 g/mol. The summed E-state index contributed by atoms with van der Waals surface area (Å²) in [6.07, 6.45) is 5.14. The molecule has 0 radical (unpaired) electrons. The molecule has 7 heteroatoms. The van der Waals surface area contributed by atoms with E-state index in [9.17, 15) is 9.59 Å². The first-order chi connectivity index (χ1) is 14.7. The van der Waals surface area contributed by atoms with Gasteiger partial charge >= 0.3 is 5.97 Å². The van der Waals surface area contributed by atoms with E-state index in [2.05, 4.69) is 31.4 Å². The lowest BCUT2D eigenvalue weighted by Crippen LogP contribution is -2.34. The first kappa shape index (κ1) is 23.4. The number of hydrogen-bond acceptors (Lipinski definition) is 5. The summed E-state index contributed by atoms with van der Waals surface area (Å²) in [7, 11) is 0. The summed E-state index contributed by atoms with van der Waals surface area (Å²) in [5.74, 6) is -0.620. The van der Waals surface area contributed by atoms with E-state index in [1.807, 2.05) is 12.1 Å². The molecule has 1 aromatic carbocycles. The van der Waals surface area contributed by atoms with Crippen molar-refractivity contribution in [3.05, 3.63) is 51.4 Å². The third-order valence-electron chi connectivity index (χ3n) is 5.37. The second kappa shape index (κ2) is 9.92. The van der Waals surface area contributed by atoms with Crippen LogP contribution in [0, 0.1) is 0 Å². The zero-order valence-corrected chi connectivity index (χ0v) is 20.2. The maximum atomic E-state index is 12.7. The van der Waals surface area contributed by atoms with Crippen LogP contribution < -0.4 is 10.6 Å². The summed E-state index contributed by atoms with van der Waals surface area (Å²) < 4.78 is 5.30. The van der Waals surface area contributed by atoms with E-state index in [0.29, 0.717) is 22.7 Å². The standard InChI is InChI=1S/C24H30N2O3S2/c1-5-29-22(28)19-17-9-7-6-8-10-18(17)31-21(19)26-23(30)25-20(27)15-11-13-16(14-12-15)24(2,3)4/h11-14H,5-10H2,1-4H3,(H2,25,26,27,30). The fourth-order valence-electron chi connectivity index (χ4n) is 3.68. The molecule has 2 aromatic rings. The van der Waals surface area contributed by atoms with E-state index in [1.54, 1.807) is 19.1 Å². The molecule has 0 unspecified atom stereocenters. The first-order valence-electron chi connectivity index (χ1n) is 10.7. The minimum absolute atomic E-state index is 0.0204. The summed E-state index contributed by atoms with van der Waals surface area (Å²) >= 11 is 6.92. The molecule has 0 fully saturated rings. The van der Waals surface area contributed by atoms with Crippen molar-refractivity contribution < 1.29 is 14.3 Å². The van der Waals surface area contributed by atoms with Crippen LogP contribution in [0.5, 0.6) is 0 Å². The molecule has 2 N–H and O–H groups in total. The van der Waals surface area contributed by atoms with Crippen LogP contribution in [0.15, 0.2) is 24.3 Å². The second-order valence-electron chi connectivity index (χ2n) is 8.72. The summed E-state index contributed by atoms with van der Waals surface area (Å²) in [5.41, 5.74) is 3.34. The SMILES string of the molecule is CCOC(=O)c1c(NC(=S)NC(=O)c2ccc(C(C)(C)C)cc2)sc2c1CCCCC2. The van der Waals surface area contributed by atoms with E-state index in [1.165, 1.54) is 16.2 Å². The first-order valence-corrected chi connectivity index (χ1v) is 12.0. The van der Waals surface area contributed by atoms with Crippen LogP contribution in [0.4, 0.5) is 5.00 Å². The van der Waals surface area contributed by atoms with Crippen LogP contribution in [0.25, 0.3) is 0 Å². The van der Waals surface area contributed by atoms with Crippen LogP contribution >= 0.6 is 23.6 Å². The molecule has 1 heterocycles. The number of rotatable bonds is 4. The van der Waals surface area contributed by atoms with E-state index < -0.39 is 0 Å². The van der Waals surface area contributed by atoms with Gasteiger partial charge in [-0.05, 0) is 73.5 Å². The number of esters is 1. The Balaban J connectivity index is 1.75. The minimum atomic E-state index is -0.337. The van der Waals surface area contributed by atoms with Gasteiger partial charge in [-0.1, -0.05) is 39.3 Å². The molecule has 1 amide bonds. The molecule has 3 rings (SSSR count). The monoisotopic (exact) mass is 458 g/mol. The predicted octanol–water partition coefficient (Wildman–Crippen LogP) is 5.62. The van der Waals surface area contributed by atoms with Gasteiger partial charge in [-0.15, -0.1) is 11.3 Å². The number of carbonyl (C=O) groups is 2. The van der Waals surface area contributed by atoms with Crippen molar-refractivity contribution in [2.75, 3.05) is 11.9 Å². The van der Waals surface area contributed by atoms with Crippen LogP contribution in [-0.4, -0.2) is 23.6 Å². The average Bonchev–Trinajstić information content (AvgIpc) is 2.88. The Bertz CT molecular complexity index is 972. The highest BCUT2D eigenvalue weighted by atomic mass is 32.1. The quantitative estimate of drug-likeness (QED) is 0.354. The van der Waals surface area contributed by atoms with Gasteiger partial charge < -0.3 is 10.1 Å². The van der Waals surface area contributed by atoms with Crippen molar-refractivity contribution in [2.45, 2.75) is 65.2 Å². The van der Waals surface area contributed by atoms with Gasteiger partial charge in [0.1, 0.15) is 5.00 Å². The molecule has 5 nitrogen and oxygen atoms in total. The van der Waals surface area contributed by atoms with Crippen LogP contribution in [0.2, 0.25) is 0 Å². The Kier molecular flexibility index (Phi) is 7.49. The zero-order chi connectivity index (χ0) is 22.6. The fraction of sp³-hybridized carbons (Fsp3) is 0.458. The van der Waals surface area contributed by atoms with Gasteiger partial charge in [0.15, 0.2) is 5.11 Å². The van der Waals surface area contributed by atoms with E-state index >= 15 is 0 Å². The van der Waals surface area contributed by atoms with Crippen LogP contribution in [0.3, 0.4) is 0 Å². The lowest BCUT2D eigenvalue weighted by atomic mass is 9.87. The van der Waals surface area contributed by atoms with Crippen molar-refractivity contribution in [3.63, 3.8) is 0 Å². The van der Waals surface area contributed by atoms with E-state index in [0.717, 1.165) is 43.2 Å². The summed E-state index contributed by atoms with van der Waals surface area (Å²) in [6.45, 7) is 8.50. The molecular formula is C24H30N2O3S2. The number of aryl methyl sites for hydroxylation is 1. The topological polar surface area (TPSA) is 67.4 Å². The molecule has 166 valence electrons. The highest BCUT2D eigenvalue weighted by Gasteiger charge is 2.26.